The van der Waals surface area contributed by atoms with E-state index in [2.05, 4.69) is 26.0 Å². The van der Waals surface area contributed by atoms with Gasteiger partial charge >= 0.3 is 5.69 Å². The fourth-order valence-corrected chi connectivity index (χ4v) is 4.53. The van der Waals surface area contributed by atoms with Crippen molar-refractivity contribution < 1.29 is 19.2 Å². The van der Waals surface area contributed by atoms with Gasteiger partial charge in [-0.05, 0) is 30.7 Å². The van der Waals surface area contributed by atoms with Crippen LogP contribution >= 0.6 is 27.5 Å². The Bertz CT molecular complexity index is 1470. The molecule has 11 nitrogen and oxygen atoms in total. The number of benzene rings is 2. The van der Waals surface area contributed by atoms with Gasteiger partial charge < -0.3 is 14.4 Å². The Hall–Kier alpha value is -3.35. The summed E-state index contributed by atoms with van der Waals surface area (Å²) in [6.45, 7) is 5.20. The van der Waals surface area contributed by atoms with E-state index in [1.807, 2.05) is 19.9 Å². The molecule has 4 rings (SSSR count). The van der Waals surface area contributed by atoms with Gasteiger partial charge in [-0.3, -0.25) is 19.7 Å². The summed E-state index contributed by atoms with van der Waals surface area (Å²) in [6.07, 6.45) is 2.02. The van der Waals surface area contributed by atoms with Gasteiger partial charge in [0.2, 0.25) is 5.75 Å². The molecule has 0 radical (unpaired) electrons. The van der Waals surface area contributed by atoms with Crippen LogP contribution in [0.2, 0.25) is 5.02 Å². The predicted molar refractivity (Wildman–Crippen MR) is 146 cm³/mol. The van der Waals surface area contributed by atoms with Crippen LogP contribution in [0.3, 0.4) is 0 Å². The summed E-state index contributed by atoms with van der Waals surface area (Å²) >= 11 is 9.71. The van der Waals surface area contributed by atoms with Crippen LogP contribution in [0.25, 0.3) is 10.9 Å². The van der Waals surface area contributed by atoms with Crippen molar-refractivity contribution in [1.29, 1.82) is 0 Å². The molecule has 0 aliphatic carbocycles. The number of fused-ring (bicyclic) bond motifs is 1. The molecule has 1 atom stereocenters. The highest BCUT2D eigenvalue weighted by atomic mass is 79.9. The second-order valence-corrected chi connectivity index (χ2v) is 10.0. The Kier molecular flexibility index (Phi) is 8.75. The normalized spacial score (nSPS) is 14.7. The fourth-order valence-electron chi connectivity index (χ4n) is 3.89. The maximum atomic E-state index is 13.3. The van der Waals surface area contributed by atoms with Crippen molar-refractivity contribution in [2.24, 2.45) is 5.10 Å². The molecule has 1 amide bonds. The van der Waals surface area contributed by atoms with E-state index in [1.54, 1.807) is 17.0 Å². The Labute approximate surface area is 231 Å². The number of amides is 1. The van der Waals surface area contributed by atoms with E-state index in [9.17, 15) is 19.7 Å². The second-order valence-electron chi connectivity index (χ2n) is 8.69. The lowest BCUT2D eigenvalue weighted by atomic mass is 10.1. The number of rotatable bonds is 8. The van der Waals surface area contributed by atoms with E-state index < -0.39 is 17.2 Å². The summed E-state index contributed by atoms with van der Waals surface area (Å²) < 4.78 is 12.6. The minimum Gasteiger partial charge on any atom is -0.476 e. The minimum absolute atomic E-state index is 0.0644. The van der Waals surface area contributed by atoms with Gasteiger partial charge in [-0.2, -0.15) is 9.78 Å². The molecule has 38 heavy (non-hydrogen) atoms. The van der Waals surface area contributed by atoms with Crippen LogP contribution in [0.15, 0.2) is 44.7 Å². The third kappa shape index (κ3) is 6.03. The monoisotopic (exact) mass is 605 g/mol. The number of aromatic nitrogens is 2. The SMILES string of the molecule is CC[C@@H](C)c1nc2ccc(Br)cc2c(=O)n1N=Cc1cc(Cl)c(OCC(=O)N2CCOCC2)c([N+](=O)[O-])c1. The number of nitro benzene ring substituents is 1. The molecular formula is C25H25BrClN5O6. The smallest absolute Gasteiger partial charge is 0.313 e. The summed E-state index contributed by atoms with van der Waals surface area (Å²) in [7, 11) is 0. The van der Waals surface area contributed by atoms with Crippen molar-refractivity contribution in [3.05, 3.63) is 71.7 Å². The second kappa shape index (κ2) is 12.0. The van der Waals surface area contributed by atoms with Crippen molar-refractivity contribution in [3.63, 3.8) is 0 Å². The minimum atomic E-state index is -0.649. The predicted octanol–water partition coefficient (Wildman–Crippen LogP) is 4.35. The number of carbonyl (C=O) groups excluding carboxylic acids is 1. The molecule has 0 N–H and O–H groups in total. The van der Waals surface area contributed by atoms with Crippen LogP contribution in [0, 0.1) is 10.1 Å². The van der Waals surface area contributed by atoms with Gasteiger partial charge in [-0.25, -0.2) is 4.98 Å². The molecule has 2 heterocycles. The van der Waals surface area contributed by atoms with E-state index >= 15 is 0 Å². The van der Waals surface area contributed by atoms with Crippen LogP contribution in [0.5, 0.6) is 5.75 Å². The zero-order valence-corrected chi connectivity index (χ0v) is 23.1. The van der Waals surface area contributed by atoms with Crippen LogP contribution in [-0.2, 0) is 9.53 Å². The van der Waals surface area contributed by atoms with Crippen LogP contribution in [-0.4, -0.2) is 64.5 Å². The third-order valence-electron chi connectivity index (χ3n) is 6.16. The zero-order chi connectivity index (χ0) is 27.4. The molecular weight excluding hydrogens is 582 g/mol. The number of halogens is 2. The molecule has 200 valence electrons. The number of carbonyl (C=O) groups is 1. The number of hydrogen-bond donors (Lipinski definition) is 0. The van der Waals surface area contributed by atoms with Gasteiger partial charge in [-0.15, -0.1) is 0 Å². The molecule has 0 spiro atoms. The van der Waals surface area contributed by atoms with Crippen LogP contribution in [0.1, 0.15) is 37.6 Å². The van der Waals surface area contributed by atoms with E-state index in [0.717, 1.165) is 10.9 Å². The molecule has 1 aliphatic heterocycles. The Morgan fingerprint density at radius 1 is 1.34 bits per heavy atom. The first-order valence-electron chi connectivity index (χ1n) is 11.9. The van der Waals surface area contributed by atoms with Crippen LogP contribution in [0.4, 0.5) is 5.69 Å². The van der Waals surface area contributed by atoms with Gasteiger partial charge in [0.15, 0.2) is 6.61 Å². The highest BCUT2D eigenvalue weighted by Crippen LogP contribution is 2.36. The lowest BCUT2D eigenvalue weighted by Gasteiger charge is -2.26. The molecule has 13 heteroatoms. The molecule has 0 bridgehead atoms. The lowest BCUT2D eigenvalue weighted by molar-refractivity contribution is -0.385. The van der Waals surface area contributed by atoms with Gasteiger partial charge in [0, 0.05) is 35.1 Å². The van der Waals surface area contributed by atoms with Crippen molar-refractivity contribution in [2.75, 3.05) is 32.9 Å². The average Bonchev–Trinajstić information content (AvgIpc) is 2.91. The zero-order valence-electron chi connectivity index (χ0n) is 20.7. The first kappa shape index (κ1) is 27.7. The van der Waals surface area contributed by atoms with E-state index in [1.165, 1.54) is 23.0 Å². The number of nitrogens with zero attached hydrogens (tertiary/aromatic N) is 5. The number of nitro groups is 1. The molecule has 1 aromatic heterocycles. The Morgan fingerprint density at radius 3 is 2.76 bits per heavy atom. The summed E-state index contributed by atoms with van der Waals surface area (Å²) in [6, 6.07) is 7.88. The molecule has 3 aromatic rings. The molecule has 0 saturated carbocycles. The van der Waals surface area contributed by atoms with Gasteiger partial charge in [-0.1, -0.05) is 41.4 Å². The van der Waals surface area contributed by atoms with Crippen LogP contribution < -0.4 is 10.3 Å². The standard InChI is InChI=1S/C25H25BrClN5O6/c1-3-15(2)24-29-20-5-4-17(26)12-18(20)25(34)31(24)28-13-16-10-19(27)23(21(11-16)32(35)36)38-14-22(33)30-6-8-37-9-7-30/h4-5,10-13,15H,3,6-9,14H2,1-2H3/t15-/m1/s1. The van der Waals surface area contributed by atoms with E-state index in [0.29, 0.717) is 43.0 Å². The highest BCUT2D eigenvalue weighted by molar-refractivity contribution is 9.10. The average molecular weight is 607 g/mol. The van der Waals surface area contributed by atoms with Crippen molar-refractivity contribution >= 4 is 56.2 Å². The number of morpholine rings is 1. The summed E-state index contributed by atoms with van der Waals surface area (Å²) in [5.41, 5.74) is 0.0190. The van der Waals surface area contributed by atoms with Gasteiger partial charge in [0.25, 0.3) is 11.5 Å². The molecule has 1 saturated heterocycles. The topological polar surface area (TPSA) is 129 Å². The van der Waals surface area contributed by atoms with Crippen molar-refractivity contribution in [3.8, 4) is 5.75 Å². The largest absolute Gasteiger partial charge is 0.476 e. The maximum absolute atomic E-state index is 13.3. The van der Waals surface area contributed by atoms with E-state index in [4.69, 9.17) is 21.1 Å². The number of ether oxygens (including phenoxy) is 2. The highest BCUT2D eigenvalue weighted by Gasteiger charge is 2.24. The summed E-state index contributed by atoms with van der Waals surface area (Å²) in [5.74, 6) is -0.154. The molecule has 1 aliphatic rings. The molecule has 1 fully saturated rings. The third-order valence-corrected chi connectivity index (χ3v) is 6.93. The lowest BCUT2D eigenvalue weighted by Crippen LogP contribution is -2.43. The molecule has 2 aromatic carbocycles. The Balaban J connectivity index is 1.67. The first-order chi connectivity index (χ1) is 18.2. The maximum Gasteiger partial charge on any atom is 0.313 e. The molecule has 0 unspecified atom stereocenters. The summed E-state index contributed by atoms with van der Waals surface area (Å²) in [4.78, 5) is 43.1. The number of hydrogen-bond acceptors (Lipinski definition) is 8. The van der Waals surface area contributed by atoms with Crippen molar-refractivity contribution in [2.45, 2.75) is 26.2 Å². The fraction of sp³-hybridized carbons (Fsp3) is 0.360. The Morgan fingerprint density at radius 2 is 2.08 bits per heavy atom. The van der Waals surface area contributed by atoms with Gasteiger partial charge in [0.1, 0.15) is 5.82 Å². The first-order valence-corrected chi connectivity index (χ1v) is 13.1. The quantitative estimate of drug-likeness (QED) is 0.212. The summed E-state index contributed by atoms with van der Waals surface area (Å²) in [5, 5.41) is 16.5. The van der Waals surface area contributed by atoms with E-state index in [-0.39, 0.29) is 33.7 Å². The van der Waals surface area contributed by atoms with Gasteiger partial charge in [0.05, 0.1) is 40.3 Å². The van der Waals surface area contributed by atoms with Crippen molar-refractivity contribution in [1.82, 2.24) is 14.6 Å².